The number of para-hydroxylation sites is 1. The van der Waals surface area contributed by atoms with Crippen molar-refractivity contribution in [2.24, 2.45) is 6.98 Å². The number of hydrogen-bond acceptors (Lipinski definition) is 2. The van der Waals surface area contributed by atoms with Gasteiger partial charge in [0.15, 0.2) is 0 Å². The highest BCUT2D eigenvalue weighted by Crippen LogP contribution is 2.36. The third-order valence-corrected chi connectivity index (χ3v) is 5.08. The lowest BCUT2D eigenvalue weighted by molar-refractivity contribution is -0.648. The van der Waals surface area contributed by atoms with Crippen LogP contribution >= 0.6 is 0 Å². The first-order valence-electron chi connectivity index (χ1n) is 9.99. The molecule has 0 unspecified atom stereocenters. The van der Waals surface area contributed by atoms with Crippen molar-refractivity contribution in [3.05, 3.63) is 72.7 Å². The maximum atomic E-state index is 8.22. The molecule has 5 nitrogen and oxygen atoms in total. The van der Waals surface area contributed by atoms with E-state index in [4.69, 9.17) is 4.11 Å². The number of imidazole rings is 1. The molecule has 0 aliphatic carbocycles. The van der Waals surface area contributed by atoms with Crippen LogP contribution in [0.3, 0.4) is 0 Å². The lowest BCUT2D eigenvalue weighted by Crippen LogP contribution is -2.33. The molecular weight excluding hydrogens is 322 g/mol. The molecular formula is C21H16N5+. The van der Waals surface area contributed by atoms with Crippen molar-refractivity contribution in [3.63, 3.8) is 0 Å². The molecule has 0 spiro atoms. The zero-order chi connectivity index (χ0) is 19.8. The van der Waals surface area contributed by atoms with Crippen molar-refractivity contribution >= 4 is 22.2 Å². The van der Waals surface area contributed by atoms with Gasteiger partial charge in [-0.1, -0.05) is 18.2 Å². The minimum absolute atomic E-state index is 0.522. The van der Waals surface area contributed by atoms with Gasteiger partial charge >= 0.3 is 0 Å². The number of aryl methyl sites for hydroxylation is 1. The standard InChI is InChI=1S/C21H16N5/c1-24-17-10-6-12-23-18(17)19-21(24)25-13-16-15(9-5-11-22-16)20(25)26(19)14-7-3-2-4-8-14/h2-12H,13H2,1H3/q+1/i1D3. The van der Waals surface area contributed by atoms with Crippen molar-refractivity contribution in [2.45, 2.75) is 6.54 Å². The maximum Gasteiger partial charge on any atom is 0.271 e. The van der Waals surface area contributed by atoms with E-state index < -0.39 is 6.98 Å². The minimum Gasteiger partial charge on any atom is -0.257 e. The van der Waals surface area contributed by atoms with Gasteiger partial charge < -0.3 is 0 Å². The molecule has 4 aromatic heterocycles. The Morgan fingerprint density at radius 1 is 1.00 bits per heavy atom. The second-order valence-electron chi connectivity index (χ2n) is 6.46. The number of fused-ring (bicyclic) bond motifs is 7. The van der Waals surface area contributed by atoms with Crippen LogP contribution in [0.2, 0.25) is 0 Å². The topological polar surface area (TPSA) is 39.5 Å². The fraction of sp³-hybridized carbons (Fsp3) is 0.0952. The van der Waals surface area contributed by atoms with Crippen LogP contribution in [0.1, 0.15) is 9.81 Å². The van der Waals surface area contributed by atoms with Crippen LogP contribution < -0.4 is 4.57 Å². The Balaban J connectivity index is 1.89. The number of benzene rings is 1. The maximum absolute atomic E-state index is 8.22. The molecule has 0 amide bonds. The minimum atomic E-state index is -2.34. The molecule has 1 aliphatic rings. The van der Waals surface area contributed by atoms with Gasteiger partial charge in [0.2, 0.25) is 11.3 Å². The second kappa shape index (κ2) is 4.79. The summed E-state index contributed by atoms with van der Waals surface area (Å²) in [4.78, 5) is 9.11. The van der Waals surface area contributed by atoms with E-state index in [1.807, 2.05) is 53.1 Å². The molecule has 6 rings (SSSR count). The molecule has 5 heteroatoms. The summed E-state index contributed by atoms with van der Waals surface area (Å²) in [5, 5.41) is 0. The van der Waals surface area contributed by atoms with Crippen LogP contribution in [0, 0.1) is 0 Å². The summed E-state index contributed by atoms with van der Waals surface area (Å²) in [6, 6.07) is 17.5. The van der Waals surface area contributed by atoms with Gasteiger partial charge in [-0.15, -0.1) is 0 Å². The molecule has 0 saturated heterocycles. The predicted molar refractivity (Wildman–Crippen MR) is 100 cm³/mol. The third kappa shape index (κ3) is 1.57. The first-order valence-corrected chi connectivity index (χ1v) is 8.49. The Morgan fingerprint density at radius 3 is 2.73 bits per heavy atom. The zero-order valence-electron chi connectivity index (χ0n) is 16.8. The summed E-state index contributed by atoms with van der Waals surface area (Å²) in [5.41, 5.74) is 5.61. The van der Waals surface area contributed by atoms with E-state index in [9.17, 15) is 0 Å². The van der Waals surface area contributed by atoms with E-state index in [1.165, 1.54) is 4.57 Å². The fourth-order valence-electron chi connectivity index (χ4n) is 4.03. The molecule has 124 valence electrons. The zero-order valence-corrected chi connectivity index (χ0v) is 13.8. The van der Waals surface area contributed by atoms with Crippen LogP contribution in [0.4, 0.5) is 0 Å². The van der Waals surface area contributed by atoms with Gasteiger partial charge in [-0.25, -0.2) is 14.1 Å². The molecule has 0 radical (unpaired) electrons. The fourth-order valence-corrected chi connectivity index (χ4v) is 4.03. The molecule has 0 bridgehead atoms. The highest BCUT2D eigenvalue weighted by atomic mass is 15.3. The highest BCUT2D eigenvalue weighted by Gasteiger charge is 2.37. The van der Waals surface area contributed by atoms with Gasteiger partial charge in [-0.2, -0.15) is 0 Å². The predicted octanol–water partition coefficient (Wildman–Crippen LogP) is 3.23. The quantitative estimate of drug-likeness (QED) is 0.431. The first kappa shape index (κ1) is 11.2. The van der Waals surface area contributed by atoms with Crippen LogP contribution in [0.15, 0.2) is 67.0 Å². The normalized spacial score (nSPS) is 14.8. The largest absolute Gasteiger partial charge is 0.271 e. The Bertz CT molecular complexity index is 1410. The van der Waals surface area contributed by atoms with Gasteiger partial charge in [0, 0.05) is 12.4 Å². The third-order valence-electron chi connectivity index (χ3n) is 5.08. The molecule has 1 aliphatic heterocycles. The summed E-state index contributed by atoms with van der Waals surface area (Å²) in [6.45, 7) is -1.82. The van der Waals surface area contributed by atoms with Crippen molar-refractivity contribution in [3.8, 4) is 17.1 Å². The van der Waals surface area contributed by atoms with E-state index in [0.29, 0.717) is 23.2 Å². The molecule has 0 atom stereocenters. The van der Waals surface area contributed by atoms with Gasteiger partial charge in [-0.3, -0.25) is 9.55 Å². The number of nitrogens with zero attached hydrogens (tertiary/aromatic N) is 5. The second-order valence-corrected chi connectivity index (χ2v) is 6.46. The van der Waals surface area contributed by atoms with Crippen LogP contribution in [-0.2, 0) is 13.5 Å². The molecule has 0 saturated carbocycles. The lowest BCUT2D eigenvalue weighted by atomic mass is 10.2. The molecule has 5 heterocycles. The summed E-state index contributed by atoms with van der Waals surface area (Å²) >= 11 is 0. The smallest absolute Gasteiger partial charge is 0.257 e. The molecule has 0 N–H and O–H groups in total. The van der Waals surface area contributed by atoms with Gasteiger partial charge in [0.05, 0.1) is 22.3 Å². The average Bonchev–Trinajstić information content (AvgIpc) is 3.34. The average molecular weight is 341 g/mol. The number of rotatable bonds is 1. The van der Waals surface area contributed by atoms with Crippen LogP contribution in [-0.4, -0.2) is 19.1 Å². The Morgan fingerprint density at radius 2 is 1.85 bits per heavy atom. The lowest BCUT2D eigenvalue weighted by Gasteiger charge is -2.03. The summed E-state index contributed by atoms with van der Waals surface area (Å²) in [7, 11) is 0. The number of hydrogen-bond donors (Lipinski definition) is 0. The Hall–Kier alpha value is -3.47. The van der Waals surface area contributed by atoms with Crippen molar-refractivity contribution in [1.29, 1.82) is 0 Å². The molecule has 5 aromatic rings. The summed E-state index contributed by atoms with van der Waals surface area (Å²) < 4.78 is 30.3. The molecule has 1 aromatic carbocycles. The van der Waals surface area contributed by atoms with E-state index in [-0.39, 0.29) is 0 Å². The number of pyridine rings is 2. The van der Waals surface area contributed by atoms with Gasteiger partial charge in [0.25, 0.3) is 5.65 Å². The van der Waals surface area contributed by atoms with Crippen LogP contribution in [0.5, 0.6) is 0 Å². The van der Waals surface area contributed by atoms with Gasteiger partial charge in [-0.05, 0) is 36.4 Å². The summed E-state index contributed by atoms with van der Waals surface area (Å²) in [5.74, 6) is 0.926. The SMILES string of the molecule is [2H]C([2H])([2H])n1c2cccnc2c2c1[n+]1c(n2-c2ccccc2)-c2cccnc2C1. The molecule has 26 heavy (non-hydrogen) atoms. The van der Waals surface area contributed by atoms with Crippen molar-refractivity contribution in [1.82, 2.24) is 19.1 Å². The van der Waals surface area contributed by atoms with Gasteiger partial charge in [0.1, 0.15) is 23.3 Å². The first-order chi connectivity index (χ1) is 14.1. The highest BCUT2D eigenvalue weighted by molar-refractivity contribution is 6.03. The van der Waals surface area contributed by atoms with E-state index in [2.05, 4.69) is 14.5 Å². The van der Waals surface area contributed by atoms with E-state index in [1.54, 1.807) is 18.5 Å². The Kier molecular flexibility index (Phi) is 2.06. The van der Waals surface area contributed by atoms with Crippen molar-refractivity contribution < 1.29 is 8.68 Å². The Labute approximate surface area is 154 Å². The van der Waals surface area contributed by atoms with E-state index in [0.717, 1.165) is 28.3 Å². The summed E-state index contributed by atoms with van der Waals surface area (Å²) in [6.07, 6.45) is 3.48. The molecule has 0 fully saturated rings. The number of aromatic nitrogens is 5. The van der Waals surface area contributed by atoms with E-state index >= 15 is 0 Å². The van der Waals surface area contributed by atoms with Crippen LogP contribution in [0.25, 0.3) is 39.3 Å². The van der Waals surface area contributed by atoms with Crippen molar-refractivity contribution in [2.75, 3.05) is 0 Å². The monoisotopic (exact) mass is 341 g/mol.